The highest BCUT2D eigenvalue weighted by Crippen LogP contribution is 2.26. The van der Waals surface area contributed by atoms with E-state index in [1.54, 1.807) is 11.8 Å². The molecule has 88 valence electrons. The number of nitrogen functional groups attached to an aromatic ring is 1. The number of benzene rings is 1. The molecule has 4 heteroatoms. The number of thioether (sulfide) groups is 1. The third-order valence-corrected chi connectivity index (χ3v) is 3.62. The highest BCUT2D eigenvalue weighted by molar-refractivity contribution is 7.98. The molecule has 0 aliphatic rings. The molecule has 2 aromatic rings. The number of aryl methyl sites for hydroxylation is 1. The van der Waals surface area contributed by atoms with Gasteiger partial charge in [-0.2, -0.15) is 0 Å². The molecule has 0 bridgehead atoms. The van der Waals surface area contributed by atoms with E-state index in [1.165, 1.54) is 5.56 Å². The Labute approximate surface area is 105 Å². The molecule has 0 unspecified atom stereocenters. The second kappa shape index (κ2) is 5.19. The van der Waals surface area contributed by atoms with Gasteiger partial charge in [-0.05, 0) is 19.4 Å². The average molecular weight is 245 g/mol. The van der Waals surface area contributed by atoms with Crippen LogP contribution in [0.4, 0.5) is 5.82 Å². The van der Waals surface area contributed by atoms with Crippen molar-refractivity contribution in [2.75, 3.05) is 5.73 Å². The largest absolute Gasteiger partial charge is 0.383 e. The lowest BCUT2D eigenvalue weighted by atomic mass is 10.2. The molecule has 0 saturated carbocycles. The van der Waals surface area contributed by atoms with Crippen LogP contribution in [0.15, 0.2) is 35.4 Å². The molecule has 1 heterocycles. The van der Waals surface area contributed by atoms with Crippen molar-refractivity contribution in [1.82, 2.24) is 9.97 Å². The normalized spacial score (nSPS) is 10.5. The monoisotopic (exact) mass is 245 g/mol. The van der Waals surface area contributed by atoms with Crippen molar-refractivity contribution in [2.24, 2.45) is 0 Å². The third kappa shape index (κ3) is 2.97. The van der Waals surface area contributed by atoms with Crippen molar-refractivity contribution in [3.8, 4) is 0 Å². The Kier molecular flexibility index (Phi) is 3.64. The molecule has 0 amide bonds. The lowest BCUT2D eigenvalue weighted by molar-refractivity contribution is 0.946. The van der Waals surface area contributed by atoms with E-state index >= 15 is 0 Å². The highest BCUT2D eigenvalue weighted by Gasteiger charge is 2.07. The van der Waals surface area contributed by atoms with E-state index in [4.69, 9.17) is 5.73 Å². The quantitative estimate of drug-likeness (QED) is 0.667. The van der Waals surface area contributed by atoms with Gasteiger partial charge in [-0.25, -0.2) is 9.97 Å². The van der Waals surface area contributed by atoms with Crippen LogP contribution in [0, 0.1) is 13.8 Å². The number of hydrogen-bond acceptors (Lipinski definition) is 4. The summed E-state index contributed by atoms with van der Waals surface area (Å²) in [7, 11) is 0. The first-order valence-electron chi connectivity index (χ1n) is 5.44. The fourth-order valence-electron chi connectivity index (χ4n) is 1.49. The van der Waals surface area contributed by atoms with Gasteiger partial charge in [0, 0.05) is 11.3 Å². The molecule has 0 aliphatic heterocycles. The maximum Gasteiger partial charge on any atom is 0.131 e. The summed E-state index contributed by atoms with van der Waals surface area (Å²) in [6.07, 6.45) is 0. The van der Waals surface area contributed by atoms with E-state index in [9.17, 15) is 0 Å². The topological polar surface area (TPSA) is 51.8 Å². The first-order chi connectivity index (χ1) is 8.16. The standard InChI is InChI=1S/C13H15N3S/c1-9-12(14)15-10(2)16-13(9)17-8-11-6-4-3-5-7-11/h3-7H,8H2,1-2H3,(H2,14,15,16). The zero-order chi connectivity index (χ0) is 12.3. The second-order valence-corrected chi connectivity index (χ2v) is 4.82. The first kappa shape index (κ1) is 11.9. The van der Waals surface area contributed by atoms with Gasteiger partial charge in [0.1, 0.15) is 16.7 Å². The number of aromatic nitrogens is 2. The van der Waals surface area contributed by atoms with E-state index in [0.717, 1.165) is 22.2 Å². The van der Waals surface area contributed by atoms with Crippen molar-refractivity contribution in [2.45, 2.75) is 24.6 Å². The van der Waals surface area contributed by atoms with E-state index in [-0.39, 0.29) is 0 Å². The minimum absolute atomic E-state index is 0.577. The Morgan fingerprint density at radius 2 is 1.82 bits per heavy atom. The molecule has 0 spiro atoms. The predicted octanol–water partition coefficient (Wildman–Crippen LogP) is 2.97. The van der Waals surface area contributed by atoms with Crippen LogP contribution in [0.2, 0.25) is 0 Å². The lowest BCUT2D eigenvalue weighted by Crippen LogP contribution is -2.01. The van der Waals surface area contributed by atoms with Crippen LogP contribution in [0.25, 0.3) is 0 Å². The Balaban J connectivity index is 2.14. The zero-order valence-corrected chi connectivity index (χ0v) is 10.8. The Morgan fingerprint density at radius 3 is 2.53 bits per heavy atom. The summed E-state index contributed by atoms with van der Waals surface area (Å²) in [5.74, 6) is 2.20. The van der Waals surface area contributed by atoms with Crippen LogP contribution >= 0.6 is 11.8 Å². The van der Waals surface area contributed by atoms with Gasteiger partial charge in [0.05, 0.1) is 0 Å². The smallest absolute Gasteiger partial charge is 0.131 e. The summed E-state index contributed by atoms with van der Waals surface area (Å²) >= 11 is 1.70. The van der Waals surface area contributed by atoms with Gasteiger partial charge in [0.15, 0.2) is 0 Å². The Morgan fingerprint density at radius 1 is 1.12 bits per heavy atom. The van der Waals surface area contributed by atoms with Crippen molar-refractivity contribution in [3.05, 3.63) is 47.3 Å². The number of nitrogens with zero attached hydrogens (tertiary/aromatic N) is 2. The van der Waals surface area contributed by atoms with Gasteiger partial charge in [-0.15, -0.1) is 11.8 Å². The number of rotatable bonds is 3. The summed E-state index contributed by atoms with van der Waals surface area (Å²) in [6.45, 7) is 3.82. The Hall–Kier alpha value is -1.55. The zero-order valence-electron chi connectivity index (χ0n) is 9.97. The molecule has 17 heavy (non-hydrogen) atoms. The molecule has 2 N–H and O–H groups in total. The molecule has 1 aromatic heterocycles. The van der Waals surface area contributed by atoms with Crippen molar-refractivity contribution >= 4 is 17.6 Å². The molecule has 1 aromatic carbocycles. The Bertz CT molecular complexity index is 512. The first-order valence-corrected chi connectivity index (χ1v) is 6.43. The second-order valence-electron chi connectivity index (χ2n) is 3.86. The molecule has 0 radical (unpaired) electrons. The van der Waals surface area contributed by atoms with Gasteiger partial charge in [0.25, 0.3) is 0 Å². The minimum Gasteiger partial charge on any atom is -0.383 e. The van der Waals surface area contributed by atoms with E-state index in [1.807, 2.05) is 32.0 Å². The van der Waals surface area contributed by atoms with Crippen molar-refractivity contribution < 1.29 is 0 Å². The van der Waals surface area contributed by atoms with Crippen LogP contribution in [0.5, 0.6) is 0 Å². The number of anilines is 1. The van der Waals surface area contributed by atoms with Gasteiger partial charge in [-0.3, -0.25) is 0 Å². The molecular weight excluding hydrogens is 230 g/mol. The van der Waals surface area contributed by atoms with E-state index in [2.05, 4.69) is 22.1 Å². The number of nitrogens with two attached hydrogens (primary N) is 1. The fraction of sp³-hybridized carbons (Fsp3) is 0.231. The predicted molar refractivity (Wildman–Crippen MR) is 71.9 cm³/mol. The molecular formula is C13H15N3S. The molecule has 3 nitrogen and oxygen atoms in total. The summed E-state index contributed by atoms with van der Waals surface area (Å²) < 4.78 is 0. The minimum atomic E-state index is 0.577. The number of hydrogen-bond donors (Lipinski definition) is 1. The molecule has 0 aliphatic carbocycles. The van der Waals surface area contributed by atoms with Gasteiger partial charge < -0.3 is 5.73 Å². The molecule has 0 saturated heterocycles. The maximum atomic E-state index is 5.83. The molecule has 0 atom stereocenters. The van der Waals surface area contributed by atoms with Crippen LogP contribution < -0.4 is 5.73 Å². The summed E-state index contributed by atoms with van der Waals surface area (Å²) in [5, 5.41) is 0.971. The summed E-state index contributed by atoms with van der Waals surface area (Å²) in [5.41, 5.74) is 8.08. The van der Waals surface area contributed by atoms with Crippen LogP contribution in [0.3, 0.4) is 0 Å². The van der Waals surface area contributed by atoms with Gasteiger partial charge >= 0.3 is 0 Å². The molecule has 2 rings (SSSR count). The summed E-state index contributed by atoms with van der Waals surface area (Å²) in [6, 6.07) is 10.3. The van der Waals surface area contributed by atoms with E-state index < -0.39 is 0 Å². The SMILES string of the molecule is Cc1nc(N)c(C)c(SCc2ccccc2)n1. The van der Waals surface area contributed by atoms with Crippen molar-refractivity contribution in [1.29, 1.82) is 0 Å². The van der Waals surface area contributed by atoms with Gasteiger partial charge in [0.2, 0.25) is 0 Å². The van der Waals surface area contributed by atoms with E-state index in [0.29, 0.717) is 5.82 Å². The maximum absolute atomic E-state index is 5.83. The fourth-order valence-corrected chi connectivity index (χ4v) is 2.50. The van der Waals surface area contributed by atoms with Crippen LogP contribution in [-0.4, -0.2) is 9.97 Å². The van der Waals surface area contributed by atoms with Crippen LogP contribution in [-0.2, 0) is 5.75 Å². The van der Waals surface area contributed by atoms with Gasteiger partial charge in [-0.1, -0.05) is 30.3 Å². The van der Waals surface area contributed by atoms with Crippen LogP contribution in [0.1, 0.15) is 17.0 Å². The highest BCUT2D eigenvalue weighted by atomic mass is 32.2. The average Bonchev–Trinajstić information content (AvgIpc) is 2.33. The molecule has 0 fully saturated rings. The third-order valence-electron chi connectivity index (χ3n) is 2.47. The summed E-state index contributed by atoms with van der Waals surface area (Å²) in [4.78, 5) is 8.56. The lowest BCUT2D eigenvalue weighted by Gasteiger charge is -2.07. The van der Waals surface area contributed by atoms with Crippen molar-refractivity contribution in [3.63, 3.8) is 0 Å².